The molecule has 0 saturated carbocycles. The van der Waals surface area contributed by atoms with E-state index >= 15 is 0 Å². The molecule has 224 valence electrons. The van der Waals surface area contributed by atoms with E-state index in [0.29, 0.717) is 0 Å². The van der Waals surface area contributed by atoms with E-state index in [1.54, 1.807) is 0 Å². The minimum atomic E-state index is 0.915. The van der Waals surface area contributed by atoms with E-state index in [1.807, 2.05) is 12.1 Å². The van der Waals surface area contributed by atoms with Crippen molar-refractivity contribution in [3.05, 3.63) is 182 Å². The topological polar surface area (TPSA) is 29.7 Å². The average Bonchev–Trinajstić information content (AvgIpc) is 3.18. The Kier molecular flexibility index (Phi) is 6.80. The average molecular weight is 613 g/mol. The van der Waals surface area contributed by atoms with Crippen LogP contribution in [-0.4, -0.2) is 9.97 Å². The molecule has 9 rings (SSSR count). The monoisotopic (exact) mass is 612 g/mol. The number of pyridine rings is 1. The van der Waals surface area contributed by atoms with Crippen molar-refractivity contribution in [3.63, 3.8) is 0 Å². The van der Waals surface area contributed by atoms with Crippen LogP contribution in [0.3, 0.4) is 0 Å². The second kappa shape index (κ2) is 11.7. The Bertz CT molecular complexity index is 2500. The van der Waals surface area contributed by atoms with E-state index in [2.05, 4.69) is 175 Å². The summed E-state index contributed by atoms with van der Waals surface area (Å²) in [6.45, 7) is 0. The van der Waals surface area contributed by atoms with Crippen LogP contribution in [0.2, 0.25) is 0 Å². The van der Waals surface area contributed by atoms with Crippen molar-refractivity contribution in [3.8, 4) is 50.7 Å². The molecule has 48 heavy (non-hydrogen) atoms. The molecule has 0 saturated heterocycles. The molecule has 7 aromatic carbocycles. The minimum absolute atomic E-state index is 0.915. The van der Waals surface area contributed by atoms with Crippen molar-refractivity contribution in [2.45, 2.75) is 0 Å². The third-order valence-electron chi connectivity index (χ3n) is 9.12. The Morgan fingerprint density at radius 1 is 0.375 bits per heavy atom. The van der Waals surface area contributed by atoms with Gasteiger partial charge in [0, 0.05) is 50.5 Å². The van der Waals surface area contributed by atoms with Crippen molar-refractivity contribution in [2.24, 2.45) is 0 Å². The summed E-state index contributed by atoms with van der Waals surface area (Å²) in [6, 6.07) is 61.8. The Labute approximate surface area is 279 Å². The number of aromatic nitrogens is 3. The number of fused-ring (bicyclic) bond motifs is 5. The molecule has 0 aliphatic carbocycles. The summed E-state index contributed by atoms with van der Waals surface area (Å²) in [4.78, 5) is 10.6. The van der Waals surface area contributed by atoms with Crippen LogP contribution in [0, 0.1) is 0 Å². The van der Waals surface area contributed by atoms with E-state index in [9.17, 15) is 0 Å². The molecule has 0 spiro atoms. The molecule has 0 aliphatic heterocycles. The zero-order valence-corrected chi connectivity index (χ0v) is 26.2. The highest BCUT2D eigenvalue weighted by Crippen LogP contribution is 2.38. The number of para-hydroxylation sites is 2. The van der Waals surface area contributed by atoms with E-state index in [4.69, 9.17) is 9.97 Å². The van der Waals surface area contributed by atoms with Crippen LogP contribution in [0.25, 0.3) is 83.2 Å². The van der Waals surface area contributed by atoms with Gasteiger partial charge in [0.2, 0.25) is 17.6 Å². The van der Waals surface area contributed by atoms with Crippen LogP contribution in [0.1, 0.15) is 0 Å². The van der Waals surface area contributed by atoms with Gasteiger partial charge in [-0.1, -0.05) is 146 Å². The maximum absolute atomic E-state index is 5.33. The minimum Gasteiger partial charge on any atom is -0.247 e. The van der Waals surface area contributed by atoms with Crippen molar-refractivity contribution >= 4 is 32.4 Å². The zero-order valence-electron chi connectivity index (χ0n) is 26.2. The molecule has 0 bridgehead atoms. The normalized spacial score (nSPS) is 11.3. The van der Waals surface area contributed by atoms with Gasteiger partial charge in [-0.05, 0) is 29.0 Å². The van der Waals surface area contributed by atoms with Crippen molar-refractivity contribution in [1.29, 1.82) is 0 Å². The first-order valence-corrected chi connectivity index (χ1v) is 16.3. The molecule has 2 heterocycles. The van der Waals surface area contributed by atoms with Gasteiger partial charge in [0.25, 0.3) is 0 Å². The second-order valence-corrected chi connectivity index (χ2v) is 12.0. The lowest BCUT2D eigenvalue weighted by Crippen LogP contribution is -2.34. The first-order valence-electron chi connectivity index (χ1n) is 16.3. The van der Waals surface area contributed by atoms with E-state index in [-0.39, 0.29) is 0 Å². The summed E-state index contributed by atoms with van der Waals surface area (Å²) in [5, 5.41) is 6.04. The van der Waals surface area contributed by atoms with Crippen molar-refractivity contribution in [2.75, 3.05) is 0 Å². The molecule has 0 N–H and O–H groups in total. The van der Waals surface area contributed by atoms with E-state index in [1.165, 1.54) is 21.5 Å². The summed E-state index contributed by atoms with van der Waals surface area (Å²) in [5.41, 5.74) is 10.2. The summed E-state index contributed by atoms with van der Waals surface area (Å²) in [7, 11) is 0. The van der Waals surface area contributed by atoms with Crippen LogP contribution >= 0.6 is 0 Å². The molecular formula is C45H30N3+. The van der Waals surface area contributed by atoms with Crippen molar-refractivity contribution in [1.82, 2.24) is 9.97 Å². The second-order valence-electron chi connectivity index (χ2n) is 12.0. The van der Waals surface area contributed by atoms with E-state index in [0.717, 1.165) is 61.6 Å². The molecule has 0 aliphatic rings. The fourth-order valence-electron chi connectivity index (χ4n) is 6.84. The smallest absolute Gasteiger partial charge is 0.244 e. The van der Waals surface area contributed by atoms with Gasteiger partial charge in [-0.2, -0.15) is 4.57 Å². The molecule has 2 aromatic heterocycles. The lowest BCUT2D eigenvalue weighted by Gasteiger charge is -2.14. The quantitative estimate of drug-likeness (QED) is 0.143. The van der Waals surface area contributed by atoms with Gasteiger partial charge >= 0.3 is 0 Å². The first-order chi connectivity index (χ1) is 23.8. The molecule has 0 atom stereocenters. The standard InChI is InChI=1S/C45H30N3/c1-4-15-32(16-5-1)41-30-48(36-19-8-3-9-20-36)45(44(47-41)33-17-6-2-7-18-33)35-26-24-34(25-27-35)43-39-29-28-31-14-10-11-21-37(31)42(39)38-22-12-13-23-40(38)46-43/h1-30H/q+1. The number of hydrogen-bond donors (Lipinski definition) is 0. The van der Waals surface area contributed by atoms with Crippen molar-refractivity contribution < 1.29 is 4.57 Å². The van der Waals surface area contributed by atoms with Gasteiger partial charge in [0.05, 0.1) is 11.2 Å². The third-order valence-corrected chi connectivity index (χ3v) is 9.12. The lowest BCUT2D eigenvalue weighted by molar-refractivity contribution is -0.583. The van der Waals surface area contributed by atoms with Crippen LogP contribution in [0.4, 0.5) is 0 Å². The van der Waals surface area contributed by atoms with Crippen LogP contribution in [0.5, 0.6) is 0 Å². The molecule has 3 nitrogen and oxygen atoms in total. The van der Waals surface area contributed by atoms with Crippen LogP contribution in [-0.2, 0) is 0 Å². The van der Waals surface area contributed by atoms with Gasteiger partial charge in [-0.15, -0.1) is 0 Å². The number of benzene rings is 7. The predicted octanol–water partition coefficient (Wildman–Crippen LogP) is 10.9. The zero-order chi connectivity index (χ0) is 31.9. The van der Waals surface area contributed by atoms with E-state index < -0.39 is 0 Å². The summed E-state index contributed by atoms with van der Waals surface area (Å²) in [6.07, 6.45) is 2.16. The molecule has 9 aromatic rings. The number of rotatable bonds is 5. The van der Waals surface area contributed by atoms with Gasteiger partial charge in [-0.3, -0.25) is 0 Å². The Morgan fingerprint density at radius 2 is 0.958 bits per heavy atom. The van der Waals surface area contributed by atoms with Gasteiger partial charge in [-0.25, -0.2) is 9.97 Å². The SMILES string of the molecule is c1ccc(-c2c[n+](-c3ccccc3)c(-c3ccc(-c4nc5ccccc5c5c4ccc4ccccc45)cc3)c(-c3ccccc3)n2)cc1. The Morgan fingerprint density at radius 3 is 1.71 bits per heavy atom. The van der Waals surface area contributed by atoms with Crippen LogP contribution < -0.4 is 4.57 Å². The number of nitrogens with zero attached hydrogens (tertiary/aromatic N) is 3. The highest BCUT2D eigenvalue weighted by Gasteiger charge is 2.26. The van der Waals surface area contributed by atoms with Gasteiger partial charge in [0.15, 0.2) is 0 Å². The van der Waals surface area contributed by atoms with Gasteiger partial charge in [0.1, 0.15) is 11.4 Å². The highest BCUT2D eigenvalue weighted by molar-refractivity contribution is 6.22. The lowest BCUT2D eigenvalue weighted by atomic mass is 9.94. The fourth-order valence-corrected chi connectivity index (χ4v) is 6.84. The molecule has 0 unspecified atom stereocenters. The Hall–Kier alpha value is -6.45. The summed E-state index contributed by atoms with van der Waals surface area (Å²) in [5.74, 6) is 0. The Balaban J connectivity index is 1.28. The third kappa shape index (κ3) is 4.81. The maximum atomic E-state index is 5.33. The van der Waals surface area contributed by atoms with Crippen LogP contribution in [0.15, 0.2) is 182 Å². The highest BCUT2D eigenvalue weighted by atomic mass is 15.0. The fraction of sp³-hybridized carbons (Fsp3) is 0. The molecular weight excluding hydrogens is 583 g/mol. The summed E-state index contributed by atoms with van der Waals surface area (Å²) >= 11 is 0. The number of hydrogen-bond acceptors (Lipinski definition) is 2. The molecule has 0 amide bonds. The molecule has 3 heteroatoms. The predicted molar refractivity (Wildman–Crippen MR) is 198 cm³/mol. The molecule has 0 fully saturated rings. The summed E-state index contributed by atoms with van der Waals surface area (Å²) < 4.78 is 2.28. The van der Waals surface area contributed by atoms with Gasteiger partial charge < -0.3 is 0 Å². The largest absolute Gasteiger partial charge is 0.247 e. The maximum Gasteiger partial charge on any atom is 0.244 e. The molecule has 0 radical (unpaired) electrons. The first kappa shape index (κ1) is 27.8.